The minimum Gasteiger partial charge on any atom is -0.467 e. The lowest BCUT2D eigenvalue weighted by Gasteiger charge is -2.27. The SMILES string of the molecule is CCOP(=O)(OCC)C(F)(F)C(=S)N[C@H](CO)C(=O)OC. The van der Waals surface area contributed by atoms with Gasteiger partial charge in [0, 0.05) is 0 Å². The summed E-state index contributed by atoms with van der Waals surface area (Å²) in [4.78, 5) is 9.99. The summed E-state index contributed by atoms with van der Waals surface area (Å²) in [5.74, 6) is -1.00. The number of methoxy groups -OCH3 is 1. The van der Waals surface area contributed by atoms with Crippen molar-refractivity contribution < 1.29 is 37.0 Å². The molecule has 0 saturated carbocycles. The molecular formula is C10H18F2NO6PS. The quantitative estimate of drug-likeness (QED) is 0.365. The highest BCUT2D eigenvalue weighted by molar-refractivity contribution is 7.81. The Hall–Kier alpha value is -0.670. The molecule has 0 aliphatic heterocycles. The van der Waals surface area contributed by atoms with Crippen molar-refractivity contribution in [2.24, 2.45) is 0 Å². The van der Waals surface area contributed by atoms with Gasteiger partial charge in [-0.1, -0.05) is 12.2 Å². The molecule has 1 atom stereocenters. The zero-order valence-electron chi connectivity index (χ0n) is 11.8. The van der Waals surface area contributed by atoms with Gasteiger partial charge in [-0.3, -0.25) is 4.57 Å². The molecule has 124 valence electrons. The van der Waals surface area contributed by atoms with E-state index >= 15 is 0 Å². The molecule has 11 heteroatoms. The summed E-state index contributed by atoms with van der Waals surface area (Å²) in [5.41, 5.74) is -4.16. The number of nitrogens with one attached hydrogen (secondary N) is 1. The van der Waals surface area contributed by atoms with Gasteiger partial charge in [-0.05, 0) is 13.8 Å². The first-order valence-corrected chi connectivity index (χ1v) is 7.91. The third-order valence-electron chi connectivity index (χ3n) is 2.19. The molecule has 0 spiro atoms. The van der Waals surface area contributed by atoms with Gasteiger partial charge in [-0.25, -0.2) is 4.79 Å². The van der Waals surface area contributed by atoms with Crippen LogP contribution in [0.3, 0.4) is 0 Å². The first-order valence-electron chi connectivity index (χ1n) is 5.96. The van der Waals surface area contributed by atoms with Gasteiger partial charge in [-0.15, -0.1) is 0 Å². The minimum absolute atomic E-state index is 0.282. The third-order valence-corrected chi connectivity index (χ3v) is 4.82. The Bertz CT molecular complexity index is 412. The van der Waals surface area contributed by atoms with Crippen LogP contribution in [0.5, 0.6) is 0 Å². The monoisotopic (exact) mass is 349 g/mol. The van der Waals surface area contributed by atoms with Gasteiger partial charge in [-0.2, -0.15) is 8.78 Å². The summed E-state index contributed by atoms with van der Waals surface area (Å²) in [5, 5.41) is 10.9. The molecule has 2 N–H and O–H groups in total. The maximum Gasteiger partial charge on any atom is 0.406 e. The molecule has 0 fully saturated rings. The maximum atomic E-state index is 14.2. The average molecular weight is 349 g/mol. The number of hydrogen-bond donors (Lipinski definition) is 2. The summed E-state index contributed by atoms with van der Waals surface area (Å²) in [6.07, 6.45) is 0. The van der Waals surface area contributed by atoms with E-state index in [4.69, 9.17) is 5.11 Å². The maximum absolute atomic E-state index is 14.2. The number of esters is 1. The second-order valence-corrected chi connectivity index (χ2v) is 6.09. The Balaban J connectivity index is 5.23. The molecule has 0 heterocycles. The Morgan fingerprint density at radius 1 is 1.38 bits per heavy atom. The molecule has 21 heavy (non-hydrogen) atoms. The van der Waals surface area contributed by atoms with Gasteiger partial charge in [0.25, 0.3) is 0 Å². The number of carbonyl (C=O) groups excluding carboxylic acids is 1. The van der Waals surface area contributed by atoms with Crippen LogP contribution in [0.25, 0.3) is 0 Å². The van der Waals surface area contributed by atoms with Crippen LogP contribution in [0.15, 0.2) is 0 Å². The molecule has 7 nitrogen and oxygen atoms in total. The predicted octanol–water partition coefficient (Wildman–Crippen LogP) is 1.30. The highest BCUT2D eigenvalue weighted by Crippen LogP contribution is 2.62. The number of alkyl halides is 2. The largest absolute Gasteiger partial charge is 0.467 e. The second-order valence-electron chi connectivity index (χ2n) is 3.61. The van der Waals surface area contributed by atoms with Crippen molar-refractivity contribution >= 4 is 30.8 Å². The van der Waals surface area contributed by atoms with Crippen LogP contribution in [-0.2, 0) is 23.1 Å². The molecule has 0 aromatic rings. The molecule has 0 rings (SSSR count). The zero-order chi connectivity index (χ0) is 16.7. The number of aliphatic hydroxyl groups excluding tert-OH is 1. The van der Waals surface area contributed by atoms with E-state index in [-0.39, 0.29) is 13.2 Å². The van der Waals surface area contributed by atoms with Crippen LogP contribution in [-0.4, -0.2) is 54.7 Å². The number of hydrogen-bond acceptors (Lipinski definition) is 7. The number of aliphatic hydroxyl groups is 1. The normalized spacial score (nSPS) is 13.6. The number of rotatable bonds is 9. The molecule has 0 aromatic carbocycles. The smallest absolute Gasteiger partial charge is 0.406 e. The van der Waals surface area contributed by atoms with Gasteiger partial charge in [0.2, 0.25) is 0 Å². The Labute approximate surface area is 126 Å². The molecule has 0 amide bonds. The molecule has 0 aliphatic rings. The first kappa shape index (κ1) is 20.3. The number of thiocarbonyl (C=S) groups is 1. The van der Waals surface area contributed by atoms with Crippen LogP contribution in [0, 0.1) is 0 Å². The highest BCUT2D eigenvalue weighted by Gasteiger charge is 2.57. The van der Waals surface area contributed by atoms with Gasteiger partial charge in [0.15, 0.2) is 4.99 Å². The van der Waals surface area contributed by atoms with E-state index in [1.807, 2.05) is 5.32 Å². The van der Waals surface area contributed by atoms with Crippen LogP contribution >= 0.6 is 19.8 Å². The van der Waals surface area contributed by atoms with E-state index < -0.39 is 36.9 Å². The van der Waals surface area contributed by atoms with Crippen molar-refractivity contribution in [3.8, 4) is 0 Å². The van der Waals surface area contributed by atoms with E-state index in [0.717, 1.165) is 7.11 Å². The van der Waals surface area contributed by atoms with Crippen molar-refractivity contribution in [1.29, 1.82) is 0 Å². The van der Waals surface area contributed by atoms with Crippen molar-refractivity contribution in [1.82, 2.24) is 5.32 Å². The standard InChI is InChI=1S/C10H18F2NO6PS/c1-4-18-20(16,19-5-2)10(11,12)9(21)13-7(6-14)8(15)17-3/h7,14H,4-6H2,1-3H3,(H,13,21)/t7-/m1/s1. The fraction of sp³-hybridized carbons (Fsp3) is 0.800. The highest BCUT2D eigenvalue weighted by atomic mass is 32.1. The summed E-state index contributed by atoms with van der Waals surface area (Å²) >= 11 is 4.46. The lowest BCUT2D eigenvalue weighted by Crippen LogP contribution is -2.49. The Morgan fingerprint density at radius 3 is 2.19 bits per heavy atom. The fourth-order valence-corrected chi connectivity index (χ4v) is 3.10. The molecule has 0 aromatic heterocycles. The topological polar surface area (TPSA) is 94.1 Å². The minimum atomic E-state index is -4.85. The van der Waals surface area contributed by atoms with Crippen molar-refractivity contribution in [3.05, 3.63) is 0 Å². The van der Waals surface area contributed by atoms with Gasteiger partial charge in [0.1, 0.15) is 6.04 Å². The van der Waals surface area contributed by atoms with Crippen molar-refractivity contribution in [3.63, 3.8) is 0 Å². The van der Waals surface area contributed by atoms with Crippen LogP contribution < -0.4 is 5.32 Å². The second kappa shape index (κ2) is 8.70. The van der Waals surface area contributed by atoms with Crippen LogP contribution in [0.4, 0.5) is 8.78 Å². The number of ether oxygens (including phenoxy) is 1. The third kappa shape index (κ3) is 4.93. The lowest BCUT2D eigenvalue weighted by atomic mass is 10.3. The van der Waals surface area contributed by atoms with Crippen LogP contribution in [0.2, 0.25) is 0 Å². The van der Waals surface area contributed by atoms with Gasteiger partial charge in [0.05, 0.1) is 26.9 Å². The van der Waals surface area contributed by atoms with E-state index in [1.54, 1.807) is 0 Å². The Morgan fingerprint density at radius 2 is 1.86 bits per heavy atom. The van der Waals surface area contributed by atoms with Gasteiger partial charge < -0.3 is 24.2 Å². The average Bonchev–Trinajstić information content (AvgIpc) is 2.43. The zero-order valence-corrected chi connectivity index (χ0v) is 13.5. The van der Waals surface area contributed by atoms with Crippen LogP contribution in [0.1, 0.15) is 13.8 Å². The fourth-order valence-electron chi connectivity index (χ4n) is 1.23. The van der Waals surface area contributed by atoms with E-state index in [2.05, 4.69) is 26.0 Å². The number of carbonyl (C=O) groups is 1. The molecule has 0 aliphatic carbocycles. The summed E-state index contributed by atoms with van der Waals surface area (Å²) < 4.78 is 53.8. The molecular weight excluding hydrogens is 331 g/mol. The van der Waals surface area contributed by atoms with Crippen molar-refractivity contribution in [2.45, 2.75) is 25.6 Å². The number of halogens is 2. The Kier molecular flexibility index (Phi) is 8.42. The summed E-state index contributed by atoms with van der Waals surface area (Å²) in [6, 6.07) is -1.51. The summed E-state index contributed by atoms with van der Waals surface area (Å²) in [7, 11) is -3.84. The molecule has 0 saturated heterocycles. The first-order chi connectivity index (χ1) is 9.70. The molecule has 0 unspecified atom stereocenters. The molecule has 0 radical (unpaired) electrons. The summed E-state index contributed by atoms with van der Waals surface area (Å²) in [6.45, 7) is 1.33. The van der Waals surface area contributed by atoms with E-state index in [1.165, 1.54) is 13.8 Å². The van der Waals surface area contributed by atoms with E-state index in [9.17, 15) is 18.1 Å². The molecule has 0 bridgehead atoms. The lowest BCUT2D eigenvalue weighted by molar-refractivity contribution is -0.143. The predicted molar refractivity (Wildman–Crippen MR) is 74.4 cm³/mol. The van der Waals surface area contributed by atoms with Crippen molar-refractivity contribution in [2.75, 3.05) is 26.9 Å². The van der Waals surface area contributed by atoms with Gasteiger partial charge >= 0.3 is 19.2 Å². The van der Waals surface area contributed by atoms with E-state index in [0.29, 0.717) is 0 Å².